The van der Waals surface area contributed by atoms with Crippen molar-refractivity contribution >= 4 is 17.8 Å². The van der Waals surface area contributed by atoms with E-state index in [-0.39, 0.29) is 24.6 Å². The molecule has 1 saturated heterocycles. The Labute approximate surface area is 118 Å². The van der Waals surface area contributed by atoms with Crippen LogP contribution in [-0.4, -0.2) is 53.1 Å². The maximum absolute atomic E-state index is 11.4. The molecule has 2 rings (SSSR count). The number of carbonyl (C=O) groups is 1. The average molecular weight is 280 g/mol. The molecule has 0 saturated carbocycles. The standard InChI is InChI=1S/C12H20N6O2/c1-4-13-10-15-11(17-12(16-10)20-8(2)3)18-6-5-14-9(19)7-18/h8H,4-7H2,1-3H3,(H,14,19)(H,13,15,16,17). The number of aromatic nitrogens is 3. The second-order valence-corrected chi connectivity index (χ2v) is 4.71. The Bertz CT molecular complexity index is 479. The van der Waals surface area contributed by atoms with Crippen LogP contribution in [0.1, 0.15) is 20.8 Å². The van der Waals surface area contributed by atoms with Crippen LogP contribution >= 0.6 is 0 Å². The van der Waals surface area contributed by atoms with Crippen LogP contribution in [0.25, 0.3) is 0 Å². The van der Waals surface area contributed by atoms with Crippen LogP contribution in [-0.2, 0) is 4.79 Å². The minimum absolute atomic E-state index is 0.0237. The van der Waals surface area contributed by atoms with Crippen molar-refractivity contribution in [1.82, 2.24) is 20.3 Å². The second kappa shape index (κ2) is 6.36. The SMILES string of the molecule is CCNc1nc(OC(C)C)nc(N2CCNC(=O)C2)n1. The molecule has 1 aromatic heterocycles. The van der Waals surface area contributed by atoms with E-state index in [0.29, 0.717) is 31.5 Å². The van der Waals surface area contributed by atoms with Gasteiger partial charge in [-0.2, -0.15) is 15.0 Å². The molecule has 0 aromatic carbocycles. The Morgan fingerprint density at radius 3 is 2.85 bits per heavy atom. The molecule has 20 heavy (non-hydrogen) atoms. The minimum atomic E-state index is -0.0343. The van der Waals surface area contributed by atoms with Crippen molar-refractivity contribution in [2.45, 2.75) is 26.9 Å². The van der Waals surface area contributed by atoms with Gasteiger partial charge in [0.2, 0.25) is 17.8 Å². The number of hydrogen-bond acceptors (Lipinski definition) is 7. The lowest BCUT2D eigenvalue weighted by Gasteiger charge is -2.26. The zero-order valence-electron chi connectivity index (χ0n) is 12.0. The third-order valence-electron chi connectivity index (χ3n) is 2.60. The number of rotatable bonds is 5. The summed E-state index contributed by atoms with van der Waals surface area (Å²) in [7, 11) is 0. The topological polar surface area (TPSA) is 92.3 Å². The zero-order chi connectivity index (χ0) is 14.5. The van der Waals surface area contributed by atoms with Crippen molar-refractivity contribution < 1.29 is 9.53 Å². The van der Waals surface area contributed by atoms with Gasteiger partial charge in [0.1, 0.15) is 0 Å². The van der Waals surface area contributed by atoms with E-state index in [4.69, 9.17) is 4.74 Å². The van der Waals surface area contributed by atoms with Gasteiger partial charge in [0.15, 0.2) is 0 Å². The Kier molecular flexibility index (Phi) is 4.54. The molecule has 1 aliphatic heterocycles. The fourth-order valence-corrected chi connectivity index (χ4v) is 1.80. The molecule has 8 heteroatoms. The lowest BCUT2D eigenvalue weighted by atomic mass is 10.4. The molecule has 1 aliphatic rings. The lowest BCUT2D eigenvalue weighted by Crippen LogP contribution is -2.48. The Hall–Kier alpha value is -2.12. The molecule has 0 bridgehead atoms. The Morgan fingerprint density at radius 2 is 2.20 bits per heavy atom. The summed E-state index contributed by atoms with van der Waals surface area (Å²) in [5.74, 6) is 0.883. The number of carbonyl (C=O) groups excluding carboxylic acids is 1. The van der Waals surface area contributed by atoms with Gasteiger partial charge in [-0.1, -0.05) is 0 Å². The first kappa shape index (κ1) is 14.3. The highest BCUT2D eigenvalue weighted by Crippen LogP contribution is 2.16. The van der Waals surface area contributed by atoms with Gasteiger partial charge in [0.25, 0.3) is 0 Å². The van der Waals surface area contributed by atoms with Crippen LogP contribution in [0.4, 0.5) is 11.9 Å². The van der Waals surface area contributed by atoms with Gasteiger partial charge >= 0.3 is 6.01 Å². The lowest BCUT2D eigenvalue weighted by molar-refractivity contribution is -0.120. The van der Waals surface area contributed by atoms with Crippen LogP contribution in [0, 0.1) is 0 Å². The Morgan fingerprint density at radius 1 is 1.40 bits per heavy atom. The molecular formula is C12H20N6O2. The largest absolute Gasteiger partial charge is 0.461 e. The molecule has 0 atom stereocenters. The summed E-state index contributed by atoms with van der Waals surface area (Å²) in [6.45, 7) is 7.97. The molecule has 8 nitrogen and oxygen atoms in total. The average Bonchev–Trinajstić information content (AvgIpc) is 2.38. The normalized spacial score (nSPS) is 15.2. The first-order valence-electron chi connectivity index (χ1n) is 6.76. The molecule has 1 aromatic rings. The number of nitrogens with zero attached hydrogens (tertiary/aromatic N) is 4. The quantitative estimate of drug-likeness (QED) is 0.786. The van der Waals surface area contributed by atoms with E-state index < -0.39 is 0 Å². The van der Waals surface area contributed by atoms with Crippen LogP contribution in [0.5, 0.6) is 6.01 Å². The van der Waals surface area contributed by atoms with E-state index in [1.807, 2.05) is 25.7 Å². The number of nitrogens with one attached hydrogen (secondary N) is 2. The molecule has 2 N–H and O–H groups in total. The summed E-state index contributed by atoms with van der Waals surface area (Å²) in [5, 5.41) is 5.81. The fraction of sp³-hybridized carbons (Fsp3) is 0.667. The number of hydrogen-bond donors (Lipinski definition) is 2. The number of amides is 1. The number of piperazine rings is 1. The summed E-state index contributed by atoms with van der Waals surface area (Å²) in [6, 6.07) is 0.270. The third-order valence-corrected chi connectivity index (χ3v) is 2.60. The van der Waals surface area contributed by atoms with Gasteiger partial charge < -0.3 is 20.3 Å². The van der Waals surface area contributed by atoms with Gasteiger partial charge in [0, 0.05) is 19.6 Å². The van der Waals surface area contributed by atoms with Crippen molar-refractivity contribution in [3.05, 3.63) is 0 Å². The minimum Gasteiger partial charge on any atom is -0.461 e. The highest BCUT2D eigenvalue weighted by Gasteiger charge is 2.20. The van der Waals surface area contributed by atoms with Gasteiger partial charge in [-0.3, -0.25) is 4.79 Å². The highest BCUT2D eigenvalue weighted by atomic mass is 16.5. The predicted molar refractivity (Wildman–Crippen MR) is 75.0 cm³/mol. The molecule has 110 valence electrons. The predicted octanol–water partition coefficient (Wildman–Crippen LogP) is 0.0268. The van der Waals surface area contributed by atoms with E-state index in [2.05, 4.69) is 25.6 Å². The van der Waals surface area contributed by atoms with Crippen molar-refractivity contribution in [2.75, 3.05) is 36.4 Å². The van der Waals surface area contributed by atoms with Crippen molar-refractivity contribution in [1.29, 1.82) is 0 Å². The fourth-order valence-electron chi connectivity index (χ4n) is 1.80. The van der Waals surface area contributed by atoms with Gasteiger partial charge in [-0.15, -0.1) is 0 Å². The molecule has 2 heterocycles. The first-order chi connectivity index (χ1) is 9.58. The molecule has 0 spiro atoms. The summed E-state index contributed by atoms with van der Waals surface area (Å²) >= 11 is 0. The first-order valence-corrected chi connectivity index (χ1v) is 6.76. The van der Waals surface area contributed by atoms with Gasteiger partial charge in [-0.05, 0) is 20.8 Å². The monoisotopic (exact) mass is 280 g/mol. The van der Waals surface area contributed by atoms with Gasteiger partial charge in [0.05, 0.1) is 12.6 Å². The van der Waals surface area contributed by atoms with Gasteiger partial charge in [-0.25, -0.2) is 0 Å². The van der Waals surface area contributed by atoms with E-state index >= 15 is 0 Å². The maximum Gasteiger partial charge on any atom is 0.323 e. The van der Waals surface area contributed by atoms with E-state index in [1.54, 1.807) is 0 Å². The highest BCUT2D eigenvalue weighted by molar-refractivity contribution is 5.81. The molecule has 1 amide bonds. The Balaban J connectivity index is 2.25. The summed E-state index contributed by atoms with van der Waals surface area (Å²) in [4.78, 5) is 26.1. The van der Waals surface area contributed by atoms with Crippen LogP contribution in [0.3, 0.4) is 0 Å². The van der Waals surface area contributed by atoms with E-state index in [1.165, 1.54) is 0 Å². The molecule has 0 radical (unpaired) electrons. The molecule has 1 fully saturated rings. The zero-order valence-corrected chi connectivity index (χ0v) is 12.0. The van der Waals surface area contributed by atoms with E-state index in [9.17, 15) is 4.79 Å². The van der Waals surface area contributed by atoms with Crippen LogP contribution in [0.15, 0.2) is 0 Å². The third kappa shape index (κ3) is 3.69. The number of anilines is 2. The smallest absolute Gasteiger partial charge is 0.323 e. The summed E-state index contributed by atoms with van der Waals surface area (Å²) in [5.41, 5.74) is 0. The number of ether oxygens (including phenoxy) is 1. The molecule has 0 unspecified atom stereocenters. The molecular weight excluding hydrogens is 260 g/mol. The van der Waals surface area contributed by atoms with Crippen molar-refractivity contribution in [3.8, 4) is 6.01 Å². The van der Waals surface area contributed by atoms with Crippen molar-refractivity contribution in [3.63, 3.8) is 0 Å². The summed E-state index contributed by atoms with van der Waals surface area (Å²) < 4.78 is 5.53. The van der Waals surface area contributed by atoms with Crippen LogP contribution < -0.4 is 20.3 Å². The molecule has 0 aliphatic carbocycles. The van der Waals surface area contributed by atoms with Crippen molar-refractivity contribution in [2.24, 2.45) is 0 Å². The maximum atomic E-state index is 11.4. The van der Waals surface area contributed by atoms with E-state index in [0.717, 1.165) is 0 Å². The van der Waals surface area contributed by atoms with Crippen LogP contribution in [0.2, 0.25) is 0 Å². The summed E-state index contributed by atoms with van der Waals surface area (Å²) in [6.07, 6.45) is -0.0237. The second-order valence-electron chi connectivity index (χ2n) is 4.71.